The summed E-state index contributed by atoms with van der Waals surface area (Å²) in [6.45, 7) is -0.342. The van der Waals surface area contributed by atoms with E-state index in [0.717, 1.165) is 0 Å². The number of aliphatic carboxylic acids is 1. The second kappa shape index (κ2) is 4.06. The van der Waals surface area contributed by atoms with Crippen molar-refractivity contribution in [3.8, 4) is 0 Å². The topological polar surface area (TPSA) is 98.2 Å². The van der Waals surface area contributed by atoms with Gasteiger partial charge in [-0.25, -0.2) is 0 Å². The van der Waals surface area contributed by atoms with Crippen molar-refractivity contribution in [3.05, 3.63) is 28.9 Å². The normalized spacial score (nSPS) is 10.6. The number of nitrogens with zero attached hydrogens (tertiary/aromatic N) is 2. The van der Waals surface area contributed by atoms with Crippen LogP contribution in [0.1, 0.15) is 10.5 Å². The van der Waals surface area contributed by atoms with Crippen LogP contribution in [0.3, 0.4) is 0 Å². The molecule has 88 valence electrons. The van der Waals surface area contributed by atoms with Crippen LogP contribution in [0.15, 0.2) is 18.2 Å². The predicted molar refractivity (Wildman–Crippen MR) is 60.9 cm³/mol. The Morgan fingerprint density at radius 1 is 1.47 bits per heavy atom. The van der Waals surface area contributed by atoms with Gasteiger partial charge in [0.25, 0.3) is 5.91 Å². The Labute approximate surface area is 101 Å². The number of carbonyl (C=O) groups excluding carboxylic acids is 1. The fraction of sp³-hybridized carbons (Fsp3) is 0.100. The molecule has 0 aliphatic carbocycles. The molecule has 1 aromatic carbocycles. The molecule has 17 heavy (non-hydrogen) atoms. The average Bonchev–Trinajstić information content (AvgIpc) is 2.55. The Morgan fingerprint density at radius 2 is 2.18 bits per heavy atom. The summed E-state index contributed by atoms with van der Waals surface area (Å²) in [5.41, 5.74) is 5.69. The molecule has 7 heteroatoms. The third-order valence-corrected chi connectivity index (χ3v) is 2.47. The van der Waals surface area contributed by atoms with Crippen molar-refractivity contribution in [2.45, 2.75) is 6.54 Å². The van der Waals surface area contributed by atoms with E-state index in [1.54, 1.807) is 12.1 Å². The molecule has 0 bridgehead atoms. The smallest absolute Gasteiger partial charge is 0.325 e. The molecule has 1 aromatic heterocycles. The minimum absolute atomic E-state index is 0.0174. The molecule has 0 spiro atoms. The quantitative estimate of drug-likeness (QED) is 0.848. The lowest BCUT2D eigenvalue weighted by Crippen LogP contribution is -2.14. The molecule has 2 aromatic rings. The first-order valence-corrected chi connectivity index (χ1v) is 5.04. The molecular weight excluding hydrogens is 246 g/mol. The number of amides is 1. The van der Waals surface area contributed by atoms with Crippen LogP contribution in [-0.4, -0.2) is 26.8 Å². The summed E-state index contributed by atoms with van der Waals surface area (Å²) >= 11 is 5.80. The highest BCUT2D eigenvalue weighted by Crippen LogP contribution is 2.22. The van der Waals surface area contributed by atoms with Gasteiger partial charge in [-0.2, -0.15) is 5.10 Å². The molecule has 0 aliphatic heterocycles. The van der Waals surface area contributed by atoms with Crippen molar-refractivity contribution in [1.29, 1.82) is 0 Å². The van der Waals surface area contributed by atoms with Crippen LogP contribution < -0.4 is 5.73 Å². The summed E-state index contributed by atoms with van der Waals surface area (Å²) in [5, 5.41) is 13.5. The van der Waals surface area contributed by atoms with Crippen LogP contribution in [-0.2, 0) is 11.3 Å². The second-order valence-corrected chi connectivity index (χ2v) is 3.86. The first kappa shape index (κ1) is 11.4. The number of aromatic nitrogens is 2. The van der Waals surface area contributed by atoms with Crippen molar-refractivity contribution in [2.75, 3.05) is 0 Å². The zero-order valence-corrected chi connectivity index (χ0v) is 9.31. The third kappa shape index (κ3) is 2.07. The van der Waals surface area contributed by atoms with E-state index in [4.69, 9.17) is 22.4 Å². The molecule has 0 saturated carbocycles. The molecule has 1 heterocycles. The second-order valence-electron chi connectivity index (χ2n) is 3.43. The summed E-state index contributed by atoms with van der Waals surface area (Å²) in [6.07, 6.45) is 0. The highest BCUT2D eigenvalue weighted by Gasteiger charge is 2.16. The van der Waals surface area contributed by atoms with Crippen molar-refractivity contribution in [1.82, 2.24) is 9.78 Å². The Bertz CT molecular complexity index is 621. The molecular formula is C10H8ClN3O3. The number of hydrogen-bond donors (Lipinski definition) is 2. The average molecular weight is 254 g/mol. The Morgan fingerprint density at radius 3 is 2.76 bits per heavy atom. The fourth-order valence-electron chi connectivity index (χ4n) is 1.58. The van der Waals surface area contributed by atoms with Crippen LogP contribution in [0.25, 0.3) is 10.9 Å². The number of rotatable bonds is 3. The van der Waals surface area contributed by atoms with E-state index >= 15 is 0 Å². The maximum atomic E-state index is 11.2. The van der Waals surface area contributed by atoms with Gasteiger partial charge in [0.2, 0.25) is 0 Å². The van der Waals surface area contributed by atoms with Gasteiger partial charge < -0.3 is 10.8 Å². The van der Waals surface area contributed by atoms with Gasteiger partial charge in [-0.15, -0.1) is 0 Å². The minimum Gasteiger partial charge on any atom is -0.480 e. The van der Waals surface area contributed by atoms with Gasteiger partial charge in [0.1, 0.15) is 6.54 Å². The first-order chi connectivity index (χ1) is 7.99. The van der Waals surface area contributed by atoms with Gasteiger partial charge in [0.15, 0.2) is 5.69 Å². The first-order valence-electron chi connectivity index (χ1n) is 4.66. The summed E-state index contributed by atoms with van der Waals surface area (Å²) in [5.74, 6) is -1.78. The lowest BCUT2D eigenvalue weighted by molar-refractivity contribution is -0.137. The molecule has 2 rings (SSSR count). The number of benzene rings is 1. The van der Waals surface area contributed by atoms with E-state index < -0.39 is 11.9 Å². The minimum atomic E-state index is -1.06. The van der Waals surface area contributed by atoms with Gasteiger partial charge in [0.05, 0.1) is 5.52 Å². The van der Waals surface area contributed by atoms with Gasteiger partial charge in [0, 0.05) is 10.4 Å². The van der Waals surface area contributed by atoms with E-state index in [9.17, 15) is 9.59 Å². The molecule has 0 fully saturated rings. The monoisotopic (exact) mass is 253 g/mol. The van der Waals surface area contributed by atoms with Gasteiger partial charge in [-0.05, 0) is 18.2 Å². The van der Waals surface area contributed by atoms with Gasteiger partial charge in [-0.1, -0.05) is 11.6 Å². The number of fused-ring (bicyclic) bond motifs is 1. The zero-order valence-electron chi connectivity index (χ0n) is 8.55. The van der Waals surface area contributed by atoms with Crippen LogP contribution in [0.5, 0.6) is 0 Å². The van der Waals surface area contributed by atoms with E-state index in [2.05, 4.69) is 5.10 Å². The molecule has 0 saturated heterocycles. The van der Waals surface area contributed by atoms with Crippen LogP contribution in [0.4, 0.5) is 0 Å². The third-order valence-electron chi connectivity index (χ3n) is 2.23. The number of primary amides is 1. The maximum absolute atomic E-state index is 11.2. The summed E-state index contributed by atoms with van der Waals surface area (Å²) < 4.78 is 1.20. The molecule has 1 amide bonds. The van der Waals surface area contributed by atoms with Crippen LogP contribution >= 0.6 is 11.6 Å². The van der Waals surface area contributed by atoms with Gasteiger partial charge >= 0.3 is 5.97 Å². The number of carbonyl (C=O) groups is 2. The van der Waals surface area contributed by atoms with E-state index in [0.29, 0.717) is 15.9 Å². The molecule has 0 unspecified atom stereocenters. The Hall–Kier alpha value is -2.08. The molecule has 0 radical (unpaired) electrons. The molecule has 0 atom stereocenters. The standard InChI is InChI=1S/C10H8ClN3O3/c11-5-1-2-7-6(3-5)9(10(12)17)13-14(7)4-8(15)16/h1-3H,4H2,(H2,12,17)(H,15,16). The van der Waals surface area contributed by atoms with Crippen molar-refractivity contribution in [3.63, 3.8) is 0 Å². The predicted octanol–water partition coefficient (Wildman–Crippen LogP) is 0.873. The van der Waals surface area contributed by atoms with Crippen molar-refractivity contribution < 1.29 is 14.7 Å². The SMILES string of the molecule is NC(=O)c1nn(CC(=O)O)c2ccc(Cl)cc12. The van der Waals surface area contributed by atoms with E-state index in [-0.39, 0.29) is 12.2 Å². The highest BCUT2D eigenvalue weighted by molar-refractivity contribution is 6.31. The maximum Gasteiger partial charge on any atom is 0.325 e. The summed E-state index contributed by atoms with van der Waals surface area (Å²) in [7, 11) is 0. The number of nitrogens with two attached hydrogens (primary N) is 1. The summed E-state index contributed by atoms with van der Waals surface area (Å²) in [4.78, 5) is 21.8. The van der Waals surface area contributed by atoms with Crippen LogP contribution in [0.2, 0.25) is 5.02 Å². The van der Waals surface area contributed by atoms with Gasteiger partial charge in [-0.3, -0.25) is 14.3 Å². The number of carboxylic acids is 1. The van der Waals surface area contributed by atoms with Crippen molar-refractivity contribution >= 4 is 34.4 Å². The lowest BCUT2D eigenvalue weighted by Gasteiger charge is -1.98. The van der Waals surface area contributed by atoms with Crippen LogP contribution in [0, 0.1) is 0 Å². The fourth-order valence-corrected chi connectivity index (χ4v) is 1.75. The van der Waals surface area contributed by atoms with E-state index in [1.807, 2.05) is 0 Å². The number of carboxylic acid groups (broad SMARTS) is 1. The lowest BCUT2D eigenvalue weighted by atomic mass is 10.2. The number of hydrogen-bond acceptors (Lipinski definition) is 3. The Balaban J connectivity index is 2.70. The summed E-state index contributed by atoms with van der Waals surface area (Å²) in [6, 6.07) is 4.72. The zero-order chi connectivity index (χ0) is 12.6. The van der Waals surface area contributed by atoms with E-state index in [1.165, 1.54) is 10.7 Å². The Kier molecular flexibility index (Phi) is 2.72. The molecule has 3 N–H and O–H groups in total. The van der Waals surface area contributed by atoms with Crippen molar-refractivity contribution in [2.24, 2.45) is 5.73 Å². The largest absolute Gasteiger partial charge is 0.480 e. The molecule has 0 aliphatic rings. The highest BCUT2D eigenvalue weighted by atomic mass is 35.5. The molecule has 6 nitrogen and oxygen atoms in total. The number of halogens is 1.